The van der Waals surface area contributed by atoms with Crippen molar-refractivity contribution in [3.05, 3.63) is 0 Å². The van der Waals surface area contributed by atoms with Gasteiger partial charge >= 0.3 is 0 Å². The zero-order valence-electron chi connectivity index (χ0n) is 11.1. The van der Waals surface area contributed by atoms with Gasteiger partial charge in [0.2, 0.25) is 0 Å². The Kier molecular flexibility index (Phi) is 5.26. The first kappa shape index (κ1) is 13.3. The third kappa shape index (κ3) is 4.23. The Balaban J connectivity index is 1.66. The normalized spacial score (nSPS) is 28.8. The molecule has 3 nitrogen and oxygen atoms in total. The fourth-order valence-corrected chi connectivity index (χ4v) is 3.21. The molecule has 1 aliphatic carbocycles. The molecule has 2 unspecified atom stereocenters. The molecule has 17 heavy (non-hydrogen) atoms. The van der Waals surface area contributed by atoms with Gasteiger partial charge in [0.1, 0.15) is 0 Å². The van der Waals surface area contributed by atoms with Crippen molar-refractivity contribution < 1.29 is 9.84 Å². The Hall–Kier alpha value is -0.120. The average molecular weight is 241 g/mol. The largest absolute Gasteiger partial charge is 0.391 e. The van der Waals surface area contributed by atoms with Crippen LogP contribution in [-0.4, -0.2) is 49.5 Å². The van der Waals surface area contributed by atoms with Gasteiger partial charge in [-0.2, -0.15) is 0 Å². The first-order chi connectivity index (χ1) is 8.25. The molecule has 3 heteroatoms. The predicted molar refractivity (Wildman–Crippen MR) is 69.0 cm³/mol. The number of hydrogen-bond acceptors (Lipinski definition) is 3. The van der Waals surface area contributed by atoms with Crippen molar-refractivity contribution in [2.75, 3.05) is 33.4 Å². The molecule has 1 heterocycles. The highest BCUT2D eigenvalue weighted by Gasteiger charge is 2.25. The Bertz CT molecular complexity index is 210. The maximum atomic E-state index is 10.1. The van der Waals surface area contributed by atoms with Crippen LogP contribution >= 0.6 is 0 Å². The fourth-order valence-electron chi connectivity index (χ4n) is 3.21. The summed E-state index contributed by atoms with van der Waals surface area (Å²) in [5, 5.41) is 10.1. The highest BCUT2D eigenvalue weighted by Crippen LogP contribution is 2.24. The van der Waals surface area contributed by atoms with Gasteiger partial charge in [-0.05, 0) is 32.2 Å². The van der Waals surface area contributed by atoms with E-state index in [-0.39, 0.29) is 6.10 Å². The number of aliphatic hydroxyl groups excluding tert-OH is 1. The van der Waals surface area contributed by atoms with Gasteiger partial charge in [-0.1, -0.05) is 19.3 Å². The molecule has 0 aromatic heterocycles. The molecule has 0 bridgehead atoms. The number of rotatable bonds is 5. The molecule has 0 aromatic rings. The molecule has 1 N–H and O–H groups in total. The van der Waals surface area contributed by atoms with E-state index in [0.717, 1.165) is 38.6 Å². The lowest BCUT2D eigenvalue weighted by molar-refractivity contribution is 0.0573. The zero-order chi connectivity index (χ0) is 12.1. The summed E-state index contributed by atoms with van der Waals surface area (Å²) in [5.74, 6) is 1.23. The Morgan fingerprint density at radius 3 is 2.65 bits per heavy atom. The highest BCUT2D eigenvalue weighted by molar-refractivity contribution is 4.76. The number of nitrogens with zero attached hydrogens (tertiary/aromatic N) is 1. The van der Waals surface area contributed by atoms with Gasteiger partial charge < -0.3 is 14.7 Å². The fraction of sp³-hybridized carbons (Fsp3) is 1.00. The summed E-state index contributed by atoms with van der Waals surface area (Å²) in [7, 11) is 2.15. The van der Waals surface area contributed by atoms with E-state index >= 15 is 0 Å². The monoisotopic (exact) mass is 241 g/mol. The number of aliphatic hydroxyl groups is 1. The molecule has 1 saturated heterocycles. The van der Waals surface area contributed by atoms with Crippen molar-refractivity contribution in [3.63, 3.8) is 0 Å². The molecule has 2 fully saturated rings. The number of hydrogen-bond donors (Lipinski definition) is 1. The van der Waals surface area contributed by atoms with E-state index in [1.807, 2.05) is 0 Å². The van der Waals surface area contributed by atoms with Crippen molar-refractivity contribution in [3.8, 4) is 0 Å². The van der Waals surface area contributed by atoms with Crippen LogP contribution in [0.2, 0.25) is 0 Å². The second-order valence-electron chi connectivity index (χ2n) is 5.92. The summed E-state index contributed by atoms with van der Waals surface area (Å²) in [5.41, 5.74) is 0. The minimum absolute atomic E-state index is 0.203. The molecule has 1 aliphatic heterocycles. The number of ether oxygens (including phenoxy) is 1. The SMILES string of the molecule is CN(CC1CCCCC1)CC(O)C1CCOC1. The summed E-state index contributed by atoms with van der Waals surface area (Å²) >= 11 is 0. The standard InChI is InChI=1S/C14H27NO2/c1-15(9-12-5-3-2-4-6-12)10-14(16)13-7-8-17-11-13/h12-14,16H,2-11H2,1H3. The Morgan fingerprint density at radius 2 is 2.00 bits per heavy atom. The molecule has 2 atom stereocenters. The first-order valence-corrected chi connectivity index (χ1v) is 7.20. The maximum absolute atomic E-state index is 10.1. The third-order valence-corrected chi connectivity index (χ3v) is 4.30. The van der Waals surface area contributed by atoms with Gasteiger partial charge in [0, 0.05) is 25.6 Å². The molecule has 0 radical (unpaired) electrons. The molecular weight excluding hydrogens is 214 g/mol. The second-order valence-corrected chi connectivity index (χ2v) is 5.92. The van der Waals surface area contributed by atoms with E-state index in [1.54, 1.807) is 0 Å². The van der Waals surface area contributed by atoms with Gasteiger partial charge in [0.15, 0.2) is 0 Å². The first-order valence-electron chi connectivity index (χ1n) is 7.20. The van der Waals surface area contributed by atoms with E-state index < -0.39 is 0 Å². The average Bonchev–Trinajstić information content (AvgIpc) is 2.83. The van der Waals surface area contributed by atoms with Gasteiger partial charge in [0.05, 0.1) is 12.7 Å². The van der Waals surface area contributed by atoms with Crippen LogP contribution in [0.25, 0.3) is 0 Å². The van der Waals surface area contributed by atoms with E-state index in [2.05, 4.69) is 11.9 Å². The molecule has 0 spiro atoms. The molecule has 1 saturated carbocycles. The van der Waals surface area contributed by atoms with E-state index in [0.29, 0.717) is 5.92 Å². The lowest BCUT2D eigenvalue weighted by atomic mass is 9.89. The van der Waals surface area contributed by atoms with Crippen LogP contribution in [0.3, 0.4) is 0 Å². The molecule has 100 valence electrons. The van der Waals surface area contributed by atoms with Crippen molar-refractivity contribution in [2.24, 2.45) is 11.8 Å². The van der Waals surface area contributed by atoms with Gasteiger partial charge in [-0.15, -0.1) is 0 Å². The van der Waals surface area contributed by atoms with Crippen molar-refractivity contribution in [1.29, 1.82) is 0 Å². The smallest absolute Gasteiger partial charge is 0.0717 e. The Labute approximate surface area is 105 Å². The van der Waals surface area contributed by atoms with Gasteiger partial charge in [-0.25, -0.2) is 0 Å². The maximum Gasteiger partial charge on any atom is 0.0717 e. The van der Waals surface area contributed by atoms with Crippen LogP contribution in [0.4, 0.5) is 0 Å². The minimum Gasteiger partial charge on any atom is -0.391 e. The molecule has 2 aliphatic rings. The van der Waals surface area contributed by atoms with Crippen molar-refractivity contribution in [2.45, 2.75) is 44.6 Å². The topological polar surface area (TPSA) is 32.7 Å². The lowest BCUT2D eigenvalue weighted by Gasteiger charge is -2.29. The predicted octanol–water partition coefficient (Wildman–Crippen LogP) is 1.90. The van der Waals surface area contributed by atoms with Crippen LogP contribution in [-0.2, 0) is 4.74 Å². The Morgan fingerprint density at radius 1 is 1.24 bits per heavy atom. The highest BCUT2D eigenvalue weighted by atomic mass is 16.5. The van der Waals surface area contributed by atoms with E-state index in [9.17, 15) is 5.11 Å². The van der Waals surface area contributed by atoms with Crippen molar-refractivity contribution >= 4 is 0 Å². The molecular formula is C14H27NO2. The van der Waals surface area contributed by atoms with Crippen LogP contribution in [0.1, 0.15) is 38.5 Å². The second kappa shape index (κ2) is 6.72. The van der Waals surface area contributed by atoms with E-state index in [4.69, 9.17) is 4.74 Å². The van der Waals surface area contributed by atoms with Gasteiger partial charge in [-0.3, -0.25) is 0 Å². The lowest BCUT2D eigenvalue weighted by Crippen LogP contribution is -2.37. The molecule has 2 rings (SSSR count). The summed E-state index contributed by atoms with van der Waals surface area (Å²) < 4.78 is 5.33. The molecule has 0 aromatic carbocycles. The quantitative estimate of drug-likeness (QED) is 0.798. The van der Waals surface area contributed by atoms with Crippen LogP contribution in [0.15, 0.2) is 0 Å². The number of likely N-dealkylation sites (N-methyl/N-ethyl adjacent to an activating group) is 1. The van der Waals surface area contributed by atoms with Gasteiger partial charge in [0.25, 0.3) is 0 Å². The zero-order valence-corrected chi connectivity index (χ0v) is 11.1. The van der Waals surface area contributed by atoms with Crippen LogP contribution < -0.4 is 0 Å². The summed E-state index contributed by atoms with van der Waals surface area (Å²) in [6.07, 6.45) is 7.81. The summed E-state index contributed by atoms with van der Waals surface area (Å²) in [6.45, 7) is 3.54. The van der Waals surface area contributed by atoms with Crippen LogP contribution in [0, 0.1) is 11.8 Å². The van der Waals surface area contributed by atoms with Crippen molar-refractivity contribution in [1.82, 2.24) is 4.90 Å². The van der Waals surface area contributed by atoms with Crippen LogP contribution in [0.5, 0.6) is 0 Å². The third-order valence-electron chi connectivity index (χ3n) is 4.30. The summed E-state index contributed by atoms with van der Waals surface area (Å²) in [4.78, 5) is 2.32. The minimum atomic E-state index is -0.203. The molecule has 0 amide bonds. The summed E-state index contributed by atoms with van der Waals surface area (Å²) in [6, 6.07) is 0. The van der Waals surface area contributed by atoms with E-state index in [1.165, 1.54) is 32.1 Å².